The molecule has 0 bridgehead atoms. The number of hydrogen-bond acceptors (Lipinski definition) is 4. The lowest BCUT2D eigenvalue weighted by Crippen LogP contribution is -2.33. The fraction of sp³-hybridized carbons (Fsp3) is 0.667. The summed E-state index contributed by atoms with van der Waals surface area (Å²) < 4.78 is 31.3. The summed E-state index contributed by atoms with van der Waals surface area (Å²) in [6.45, 7) is 0.824. The normalized spacial score (nSPS) is 19.4. The summed E-state index contributed by atoms with van der Waals surface area (Å²) in [5.41, 5.74) is 0. The number of aliphatic hydroxyl groups is 1. The van der Waals surface area contributed by atoms with Gasteiger partial charge in [0.05, 0.1) is 0 Å². The third-order valence-electron chi connectivity index (χ3n) is 3.20. The van der Waals surface area contributed by atoms with Crippen LogP contribution in [0.2, 0.25) is 0 Å². The van der Waals surface area contributed by atoms with E-state index in [9.17, 15) is 8.42 Å². The molecule has 1 N–H and O–H groups in total. The Hall–Kier alpha value is -0.850. The van der Waals surface area contributed by atoms with E-state index in [1.165, 1.54) is 22.9 Å². The first kappa shape index (κ1) is 13.6. The zero-order valence-corrected chi connectivity index (χ0v) is 11.2. The minimum atomic E-state index is -3.54. The molecule has 1 fully saturated rings. The second-order valence-corrected chi connectivity index (χ2v) is 6.42. The molecule has 1 aromatic rings. The Morgan fingerprint density at radius 2 is 1.72 bits per heavy atom. The van der Waals surface area contributed by atoms with Crippen molar-refractivity contribution >= 4 is 10.0 Å². The molecular weight excluding hydrogens is 254 g/mol. The van der Waals surface area contributed by atoms with Crippen LogP contribution in [-0.4, -0.2) is 30.9 Å². The average Bonchev–Trinajstić information content (AvgIpc) is 2.76. The van der Waals surface area contributed by atoms with Crippen LogP contribution in [0.25, 0.3) is 0 Å². The highest BCUT2D eigenvalue weighted by Crippen LogP contribution is 2.21. The maximum absolute atomic E-state index is 12.3. The van der Waals surface area contributed by atoms with Crippen LogP contribution < -0.4 is 0 Å². The van der Waals surface area contributed by atoms with E-state index in [0.717, 1.165) is 25.7 Å². The van der Waals surface area contributed by atoms with Crippen LogP contribution >= 0.6 is 0 Å². The van der Waals surface area contributed by atoms with E-state index in [2.05, 4.69) is 0 Å². The van der Waals surface area contributed by atoms with Gasteiger partial charge in [0.1, 0.15) is 12.4 Å². The molecule has 6 heteroatoms. The van der Waals surface area contributed by atoms with Crippen LogP contribution in [0.5, 0.6) is 0 Å². The molecule has 102 valence electrons. The third kappa shape index (κ3) is 2.93. The van der Waals surface area contributed by atoms with Crippen molar-refractivity contribution in [3.63, 3.8) is 0 Å². The van der Waals surface area contributed by atoms with Gasteiger partial charge in [-0.1, -0.05) is 19.3 Å². The van der Waals surface area contributed by atoms with Gasteiger partial charge in [0.25, 0.3) is 10.0 Å². The molecule has 0 amide bonds. The summed E-state index contributed by atoms with van der Waals surface area (Å²) >= 11 is 0. The molecule has 0 atom stereocenters. The highest BCUT2D eigenvalue weighted by molar-refractivity contribution is 7.89. The van der Waals surface area contributed by atoms with E-state index >= 15 is 0 Å². The Labute approximate surface area is 107 Å². The molecule has 2 heterocycles. The Balaban J connectivity index is 2.17. The highest BCUT2D eigenvalue weighted by Gasteiger charge is 2.27. The van der Waals surface area contributed by atoms with Crippen LogP contribution in [-0.2, 0) is 16.6 Å². The number of nitrogens with zero attached hydrogens (tertiary/aromatic N) is 1. The monoisotopic (exact) mass is 273 g/mol. The van der Waals surface area contributed by atoms with Crippen LogP contribution in [0, 0.1) is 0 Å². The summed E-state index contributed by atoms with van der Waals surface area (Å²) in [6.07, 6.45) is 5.13. The topological polar surface area (TPSA) is 70.8 Å². The summed E-state index contributed by atoms with van der Waals surface area (Å²) in [6, 6.07) is 2.91. The second-order valence-electron chi connectivity index (χ2n) is 4.55. The van der Waals surface area contributed by atoms with Crippen LogP contribution in [0.4, 0.5) is 0 Å². The lowest BCUT2D eigenvalue weighted by Gasteiger charge is -2.22. The summed E-state index contributed by atoms with van der Waals surface area (Å²) in [5.74, 6) is 0.278. The van der Waals surface area contributed by atoms with E-state index < -0.39 is 10.0 Å². The summed E-state index contributed by atoms with van der Waals surface area (Å²) in [7, 11) is -3.54. The molecule has 1 aliphatic heterocycles. The van der Waals surface area contributed by atoms with Crippen molar-refractivity contribution in [2.45, 2.75) is 43.8 Å². The van der Waals surface area contributed by atoms with Crippen molar-refractivity contribution in [2.75, 3.05) is 13.1 Å². The number of furan rings is 1. The van der Waals surface area contributed by atoms with Crippen LogP contribution in [0.1, 0.15) is 37.9 Å². The Kier molecular flexibility index (Phi) is 4.42. The van der Waals surface area contributed by atoms with Crippen LogP contribution in [0.3, 0.4) is 0 Å². The molecule has 0 unspecified atom stereocenters. The lowest BCUT2D eigenvalue weighted by molar-refractivity contribution is 0.234. The summed E-state index contributed by atoms with van der Waals surface area (Å²) in [5, 5.41) is 8.84. The molecule has 0 saturated carbocycles. The molecule has 5 nitrogen and oxygen atoms in total. The lowest BCUT2D eigenvalue weighted by atomic mass is 10.1. The van der Waals surface area contributed by atoms with Crippen LogP contribution in [0.15, 0.2) is 21.6 Å². The number of hydrogen-bond donors (Lipinski definition) is 1. The Morgan fingerprint density at radius 3 is 2.28 bits per heavy atom. The summed E-state index contributed by atoms with van der Waals surface area (Å²) in [4.78, 5) is 0. The molecular formula is C12H19NO4S. The van der Waals surface area contributed by atoms with Gasteiger partial charge >= 0.3 is 0 Å². The number of aliphatic hydroxyl groups excluding tert-OH is 1. The minimum Gasteiger partial charge on any atom is -0.446 e. The number of sulfonamides is 1. The van der Waals surface area contributed by atoms with E-state index in [-0.39, 0.29) is 17.5 Å². The SMILES string of the molecule is O=S(=O)(c1ccc(CO)o1)N1CCCCCCC1. The predicted molar refractivity (Wildman–Crippen MR) is 66.5 cm³/mol. The third-order valence-corrected chi connectivity index (χ3v) is 4.97. The quantitative estimate of drug-likeness (QED) is 0.910. The highest BCUT2D eigenvalue weighted by atomic mass is 32.2. The smallest absolute Gasteiger partial charge is 0.276 e. The molecule has 1 aliphatic rings. The molecule has 1 saturated heterocycles. The molecule has 2 rings (SSSR count). The van der Waals surface area contributed by atoms with E-state index in [1.54, 1.807) is 0 Å². The second kappa shape index (κ2) is 5.86. The van der Waals surface area contributed by atoms with Gasteiger partial charge < -0.3 is 9.52 Å². The first-order valence-corrected chi connectivity index (χ1v) is 7.78. The molecule has 0 radical (unpaired) electrons. The van der Waals surface area contributed by atoms with Crippen molar-refractivity contribution in [3.05, 3.63) is 17.9 Å². The average molecular weight is 273 g/mol. The Bertz CT molecular complexity index is 472. The van der Waals surface area contributed by atoms with E-state index in [4.69, 9.17) is 9.52 Å². The van der Waals surface area contributed by atoms with Crippen molar-refractivity contribution in [1.29, 1.82) is 0 Å². The molecule has 0 aromatic carbocycles. The zero-order chi connectivity index (χ0) is 13.0. The maximum atomic E-state index is 12.3. The van der Waals surface area contributed by atoms with Crippen molar-refractivity contribution in [1.82, 2.24) is 4.31 Å². The van der Waals surface area contributed by atoms with E-state index in [1.807, 2.05) is 0 Å². The van der Waals surface area contributed by atoms with E-state index in [0.29, 0.717) is 13.1 Å². The molecule has 0 spiro atoms. The van der Waals surface area contributed by atoms with Gasteiger partial charge in [-0.05, 0) is 25.0 Å². The largest absolute Gasteiger partial charge is 0.446 e. The van der Waals surface area contributed by atoms with Crippen molar-refractivity contribution in [2.24, 2.45) is 0 Å². The van der Waals surface area contributed by atoms with Gasteiger partial charge in [-0.25, -0.2) is 8.42 Å². The maximum Gasteiger partial charge on any atom is 0.276 e. The van der Waals surface area contributed by atoms with Gasteiger partial charge in [0.15, 0.2) is 0 Å². The fourth-order valence-corrected chi connectivity index (χ4v) is 3.61. The molecule has 18 heavy (non-hydrogen) atoms. The van der Waals surface area contributed by atoms with Gasteiger partial charge in [0.2, 0.25) is 5.09 Å². The van der Waals surface area contributed by atoms with Gasteiger partial charge in [-0.2, -0.15) is 4.31 Å². The van der Waals surface area contributed by atoms with Gasteiger partial charge in [0, 0.05) is 13.1 Å². The van der Waals surface area contributed by atoms with Gasteiger partial charge in [-0.3, -0.25) is 0 Å². The Morgan fingerprint density at radius 1 is 1.11 bits per heavy atom. The zero-order valence-electron chi connectivity index (χ0n) is 10.3. The first-order chi connectivity index (χ1) is 8.64. The van der Waals surface area contributed by atoms with Crippen molar-refractivity contribution in [3.8, 4) is 0 Å². The molecule has 0 aliphatic carbocycles. The molecule has 1 aromatic heterocycles. The first-order valence-electron chi connectivity index (χ1n) is 6.34. The fourth-order valence-electron chi connectivity index (χ4n) is 2.17. The predicted octanol–water partition coefficient (Wildman–Crippen LogP) is 1.73. The number of rotatable bonds is 3. The standard InChI is InChI=1S/C12H19NO4S/c14-10-11-6-7-12(17-11)18(15,16)13-8-4-2-1-3-5-9-13/h6-7,14H,1-5,8-10H2. The van der Waals surface area contributed by atoms with Gasteiger partial charge in [-0.15, -0.1) is 0 Å². The van der Waals surface area contributed by atoms with Crippen molar-refractivity contribution < 1.29 is 17.9 Å². The minimum absolute atomic E-state index is 0.0628.